The monoisotopic (exact) mass is 437 g/mol. The van der Waals surface area contributed by atoms with Crippen LogP contribution in [0.2, 0.25) is 5.02 Å². The fourth-order valence-electron chi connectivity index (χ4n) is 2.81. The Morgan fingerprint density at radius 1 is 1.21 bits per heavy atom. The van der Waals surface area contributed by atoms with Crippen LogP contribution in [0.5, 0.6) is 0 Å². The summed E-state index contributed by atoms with van der Waals surface area (Å²) >= 11 is 6.86. The van der Waals surface area contributed by atoms with Gasteiger partial charge in [0.25, 0.3) is 11.1 Å². The van der Waals surface area contributed by atoms with Gasteiger partial charge in [-0.05, 0) is 54.9 Å². The number of thioether (sulfide) groups is 1. The number of unbranched alkanes of at least 4 members (excludes halogenated alkanes) is 2. The van der Waals surface area contributed by atoms with Gasteiger partial charge in [-0.2, -0.15) is 0 Å². The Hall–Kier alpha value is -2.58. The number of nitrogens with zero attached hydrogens (tertiary/aromatic N) is 1. The molecule has 1 N–H and O–H groups in total. The summed E-state index contributed by atoms with van der Waals surface area (Å²) in [4.78, 5) is 36.5. The second-order valence-electron chi connectivity index (χ2n) is 6.36. The number of hydrogen-bond donors (Lipinski definition) is 1. The number of carbonyl (C=O) groups excluding carboxylic acids is 2. The summed E-state index contributed by atoms with van der Waals surface area (Å²) in [6, 6.07) is 7.23. The third-order valence-corrected chi connectivity index (χ3v) is 5.46. The van der Waals surface area contributed by atoms with Crippen molar-refractivity contribution in [3.05, 3.63) is 51.8 Å². The zero-order valence-electron chi connectivity index (χ0n) is 15.2. The van der Waals surface area contributed by atoms with E-state index in [9.17, 15) is 18.8 Å². The predicted octanol–water partition coefficient (Wildman–Crippen LogP) is 5.42. The summed E-state index contributed by atoms with van der Waals surface area (Å²) in [6.45, 7) is 0.246. The first-order chi connectivity index (χ1) is 13.8. The van der Waals surface area contributed by atoms with Gasteiger partial charge in [0.15, 0.2) is 0 Å². The molecule has 1 saturated heterocycles. The van der Waals surface area contributed by atoms with E-state index in [1.165, 1.54) is 24.3 Å². The first kappa shape index (κ1) is 21.1. The fourth-order valence-corrected chi connectivity index (χ4v) is 3.91. The fraction of sp³-hybridized carbons (Fsp3) is 0.250. The van der Waals surface area contributed by atoms with Crippen molar-refractivity contribution in [1.82, 2.24) is 4.90 Å². The molecule has 152 valence electrons. The van der Waals surface area contributed by atoms with Gasteiger partial charge in [0, 0.05) is 24.6 Å². The zero-order chi connectivity index (χ0) is 21.0. The minimum absolute atomic E-state index is 0.0701. The van der Waals surface area contributed by atoms with Crippen LogP contribution in [-0.2, 0) is 9.59 Å². The van der Waals surface area contributed by atoms with Gasteiger partial charge in [-0.3, -0.25) is 19.3 Å². The van der Waals surface area contributed by atoms with Crippen molar-refractivity contribution in [1.29, 1.82) is 0 Å². The number of aliphatic carboxylic acids is 1. The smallest absolute Gasteiger partial charge is 0.303 e. The van der Waals surface area contributed by atoms with Crippen LogP contribution in [0.3, 0.4) is 0 Å². The van der Waals surface area contributed by atoms with Crippen molar-refractivity contribution in [3.63, 3.8) is 0 Å². The molecular weight excluding hydrogens is 421 g/mol. The molecule has 0 atom stereocenters. The van der Waals surface area contributed by atoms with Crippen molar-refractivity contribution in [2.45, 2.75) is 25.7 Å². The molecule has 2 amide bonds. The van der Waals surface area contributed by atoms with Crippen molar-refractivity contribution in [2.24, 2.45) is 0 Å². The Balaban J connectivity index is 1.65. The van der Waals surface area contributed by atoms with Crippen LogP contribution in [0.1, 0.15) is 31.4 Å². The van der Waals surface area contributed by atoms with E-state index in [4.69, 9.17) is 21.1 Å². The van der Waals surface area contributed by atoms with Gasteiger partial charge >= 0.3 is 5.97 Å². The Bertz CT molecular complexity index is 987. The maximum atomic E-state index is 13.2. The SMILES string of the molecule is O=C(O)CCCCCN1C(=O)S/C(=C\c2ccc(-c3ccc(F)cc3Cl)o2)C1=O. The van der Waals surface area contributed by atoms with Crippen LogP contribution < -0.4 is 0 Å². The van der Waals surface area contributed by atoms with Crippen molar-refractivity contribution >= 4 is 46.6 Å². The van der Waals surface area contributed by atoms with Crippen LogP contribution in [0.4, 0.5) is 9.18 Å². The lowest BCUT2D eigenvalue weighted by atomic mass is 10.2. The molecule has 0 saturated carbocycles. The first-order valence-corrected chi connectivity index (χ1v) is 10.1. The quantitative estimate of drug-likeness (QED) is 0.438. The van der Waals surface area contributed by atoms with E-state index in [2.05, 4.69) is 0 Å². The van der Waals surface area contributed by atoms with Gasteiger partial charge in [-0.1, -0.05) is 18.0 Å². The summed E-state index contributed by atoms with van der Waals surface area (Å²) < 4.78 is 18.9. The molecule has 6 nitrogen and oxygen atoms in total. The number of carboxylic acid groups (broad SMARTS) is 1. The van der Waals surface area contributed by atoms with E-state index >= 15 is 0 Å². The van der Waals surface area contributed by atoms with Gasteiger partial charge in [0.1, 0.15) is 17.3 Å². The number of rotatable bonds is 8. The van der Waals surface area contributed by atoms with E-state index in [0.717, 1.165) is 16.7 Å². The van der Waals surface area contributed by atoms with Crippen LogP contribution in [0.25, 0.3) is 17.4 Å². The van der Waals surface area contributed by atoms with Gasteiger partial charge in [-0.15, -0.1) is 0 Å². The molecule has 2 aromatic rings. The van der Waals surface area contributed by atoms with Gasteiger partial charge in [0.2, 0.25) is 0 Å². The molecule has 3 rings (SSSR count). The summed E-state index contributed by atoms with van der Waals surface area (Å²) in [6.07, 6.45) is 3.22. The summed E-state index contributed by atoms with van der Waals surface area (Å²) in [5.74, 6) is -0.941. The molecule has 1 aliphatic rings. The zero-order valence-corrected chi connectivity index (χ0v) is 16.8. The molecule has 1 aromatic carbocycles. The third kappa shape index (κ3) is 5.27. The second-order valence-corrected chi connectivity index (χ2v) is 7.76. The van der Waals surface area contributed by atoms with E-state index in [1.54, 1.807) is 12.1 Å². The summed E-state index contributed by atoms with van der Waals surface area (Å²) in [5.41, 5.74) is 0.516. The Labute approximate surface area is 175 Å². The highest BCUT2D eigenvalue weighted by atomic mass is 35.5. The largest absolute Gasteiger partial charge is 0.481 e. The maximum absolute atomic E-state index is 13.2. The normalized spacial score (nSPS) is 15.5. The molecule has 0 unspecified atom stereocenters. The van der Waals surface area contributed by atoms with Crippen molar-refractivity contribution in [2.75, 3.05) is 6.54 Å². The number of halogens is 2. The van der Waals surface area contributed by atoms with Gasteiger partial charge < -0.3 is 9.52 Å². The average Bonchev–Trinajstić information content (AvgIpc) is 3.21. The highest BCUT2D eigenvalue weighted by Gasteiger charge is 2.34. The predicted molar refractivity (Wildman–Crippen MR) is 108 cm³/mol. The van der Waals surface area contributed by atoms with Crippen molar-refractivity contribution < 1.29 is 28.3 Å². The summed E-state index contributed by atoms with van der Waals surface area (Å²) in [7, 11) is 0. The highest BCUT2D eigenvalue weighted by Crippen LogP contribution is 2.34. The summed E-state index contributed by atoms with van der Waals surface area (Å²) in [5, 5.41) is 8.46. The van der Waals surface area contributed by atoms with Crippen LogP contribution in [0.15, 0.2) is 39.7 Å². The first-order valence-electron chi connectivity index (χ1n) is 8.87. The lowest BCUT2D eigenvalue weighted by molar-refractivity contribution is -0.137. The second kappa shape index (κ2) is 9.28. The molecule has 1 fully saturated rings. The Morgan fingerprint density at radius 3 is 2.72 bits per heavy atom. The topological polar surface area (TPSA) is 87.8 Å². The molecular formula is C20H17ClFNO5S. The Kier molecular flexibility index (Phi) is 6.76. The molecule has 29 heavy (non-hydrogen) atoms. The lowest BCUT2D eigenvalue weighted by Gasteiger charge is -2.11. The molecule has 1 aromatic heterocycles. The number of hydrogen-bond acceptors (Lipinski definition) is 5. The molecule has 2 heterocycles. The molecule has 1 aliphatic heterocycles. The number of furan rings is 1. The number of benzene rings is 1. The Morgan fingerprint density at radius 2 is 2.00 bits per heavy atom. The lowest BCUT2D eigenvalue weighted by Crippen LogP contribution is -2.29. The number of carboxylic acids is 1. The average molecular weight is 438 g/mol. The molecule has 0 radical (unpaired) electrons. The molecule has 9 heteroatoms. The minimum Gasteiger partial charge on any atom is -0.481 e. The minimum atomic E-state index is -0.862. The van der Waals surface area contributed by atoms with E-state index < -0.39 is 17.7 Å². The maximum Gasteiger partial charge on any atom is 0.303 e. The highest BCUT2D eigenvalue weighted by molar-refractivity contribution is 8.18. The van der Waals surface area contributed by atoms with Crippen LogP contribution in [-0.4, -0.2) is 33.7 Å². The van der Waals surface area contributed by atoms with E-state index in [-0.39, 0.29) is 28.1 Å². The molecule has 0 spiro atoms. The third-order valence-electron chi connectivity index (χ3n) is 4.24. The standard InChI is InChI=1S/C20H17ClFNO5S/c21-15-10-12(22)5-7-14(15)16-8-6-13(28-16)11-17-19(26)23(20(27)29-17)9-3-1-2-4-18(24)25/h5-8,10-11H,1-4,9H2,(H,24,25)/b17-11-. The van der Waals surface area contributed by atoms with E-state index in [0.29, 0.717) is 36.3 Å². The van der Waals surface area contributed by atoms with Crippen molar-refractivity contribution in [3.8, 4) is 11.3 Å². The van der Waals surface area contributed by atoms with Crippen LogP contribution >= 0.6 is 23.4 Å². The number of carbonyl (C=O) groups is 3. The van der Waals surface area contributed by atoms with Crippen LogP contribution in [0, 0.1) is 5.82 Å². The molecule has 0 bridgehead atoms. The van der Waals surface area contributed by atoms with Gasteiger partial charge in [0.05, 0.1) is 9.93 Å². The van der Waals surface area contributed by atoms with Gasteiger partial charge in [-0.25, -0.2) is 4.39 Å². The molecule has 0 aliphatic carbocycles. The number of imide groups is 1. The number of amides is 2. The van der Waals surface area contributed by atoms with E-state index in [1.807, 2.05) is 0 Å².